The molecule has 74 valence electrons. The van der Waals surface area contributed by atoms with E-state index in [9.17, 15) is 0 Å². The van der Waals surface area contributed by atoms with Crippen molar-refractivity contribution >= 4 is 42.7 Å². The third kappa shape index (κ3) is 1.53. The van der Waals surface area contributed by atoms with E-state index < -0.39 is 0 Å². The molecule has 4 heteroatoms. The van der Waals surface area contributed by atoms with Crippen molar-refractivity contribution in [3.05, 3.63) is 22.2 Å². The van der Waals surface area contributed by atoms with Gasteiger partial charge in [0.1, 0.15) is 0 Å². The van der Waals surface area contributed by atoms with Crippen LogP contribution in [0.15, 0.2) is 6.07 Å². The Morgan fingerprint density at radius 2 is 2.21 bits per heavy atom. The monoisotopic (exact) mass is 244 g/mol. The van der Waals surface area contributed by atoms with Crippen LogP contribution in [0.5, 0.6) is 0 Å². The van der Waals surface area contributed by atoms with Crippen LogP contribution in [0.3, 0.4) is 0 Å². The Morgan fingerprint density at radius 1 is 1.50 bits per heavy atom. The summed E-state index contributed by atoms with van der Waals surface area (Å²) in [7, 11) is 3.26. The predicted molar refractivity (Wildman–Crippen MR) is 65.7 cm³/mol. The first-order chi connectivity index (χ1) is 6.61. The molecule has 14 heavy (non-hydrogen) atoms. The molecule has 0 spiro atoms. The predicted octanol–water partition coefficient (Wildman–Crippen LogP) is 4.72. The average molecular weight is 245 g/mol. The second-order valence-electron chi connectivity index (χ2n) is 3.67. The Balaban J connectivity index is 2.86. The first-order valence-electron chi connectivity index (χ1n) is 4.49. The molecule has 0 aliphatic carbocycles. The smallest absolute Gasteiger partial charge is 0.134 e. The lowest BCUT2D eigenvalue weighted by Crippen LogP contribution is -1.91. The van der Waals surface area contributed by atoms with Gasteiger partial charge in [-0.1, -0.05) is 25.4 Å². The molecular weight excluding hydrogens is 234 g/mol. The van der Waals surface area contributed by atoms with Gasteiger partial charge in [-0.25, -0.2) is 0 Å². The Labute approximate surface area is 95.9 Å². The molecule has 0 atom stereocenters. The normalized spacial score (nSPS) is 11.5. The summed E-state index contributed by atoms with van der Waals surface area (Å²) in [5.74, 6) is 0.457. The van der Waals surface area contributed by atoms with Gasteiger partial charge in [-0.2, -0.15) is 0 Å². The van der Waals surface area contributed by atoms with E-state index in [2.05, 4.69) is 25.1 Å². The molecule has 1 aromatic heterocycles. The minimum atomic E-state index is 0.457. The van der Waals surface area contributed by atoms with Crippen LogP contribution >= 0.6 is 32.5 Å². The van der Waals surface area contributed by atoms with Crippen LogP contribution in [-0.4, -0.2) is 4.37 Å². The van der Waals surface area contributed by atoms with E-state index in [1.165, 1.54) is 15.8 Å². The highest BCUT2D eigenvalue weighted by Crippen LogP contribution is 2.37. The van der Waals surface area contributed by atoms with Crippen LogP contribution in [0.25, 0.3) is 10.2 Å². The maximum absolute atomic E-state index is 6.24. The SMILES string of the molecule is Cc1cc(Cl)c(C(C)C)c2[s+]snc12. The molecule has 0 aliphatic rings. The summed E-state index contributed by atoms with van der Waals surface area (Å²) in [5.41, 5.74) is 3.53. The van der Waals surface area contributed by atoms with Gasteiger partial charge in [0, 0.05) is 5.56 Å². The lowest BCUT2D eigenvalue weighted by Gasteiger charge is -2.05. The van der Waals surface area contributed by atoms with Crippen molar-refractivity contribution in [1.82, 2.24) is 4.37 Å². The molecule has 1 aromatic carbocycles. The van der Waals surface area contributed by atoms with Crippen LogP contribution in [0.4, 0.5) is 0 Å². The number of halogens is 1. The number of hydrogen-bond acceptors (Lipinski definition) is 2. The fourth-order valence-corrected chi connectivity index (χ4v) is 4.38. The van der Waals surface area contributed by atoms with Gasteiger partial charge in [0.15, 0.2) is 5.52 Å². The van der Waals surface area contributed by atoms with Gasteiger partial charge >= 0.3 is 10.3 Å². The first kappa shape index (κ1) is 10.3. The molecule has 2 rings (SSSR count). The zero-order chi connectivity index (χ0) is 10.3. The number of benzene rings is 1. The highest BCUT2D eigenvalue weighted by Gasteiger charge is 2.22. The minimum absolute atomic E-state index is 0.457. The van der Waals surface area contributed by atoms with Gasteiger partial charge in [0.2, 0.25) is 0 Å². The summed E-state index contributed by atoms with van der Waals surface area (Å²) in [6.07, 6.45) is 0. The number of fused-ring (bicyclic) bond motifs is 1. The van der Waals surface area contributed by atoms with Crippen molar-refractivity contribution in [2.45, 2.75) is 26.7 Å². The lowest BCUT2D eigenvalue weighted by atomic mass is 10.0. The van der Waals surface area contributed by atoms with E-state index in [-0.39, 0.29) is 0 Å². The van der Waals surface area contributed by atoms with Crippen molar-refractivity contribution in [3.8, 4) is 0 Å². The molecule has 0 fully saturated rings. The Hall–Kier alpha value is -0.250. The molecule has 0 unspecified atom stereocenters. The Morgan fingerprint density at radius 3 is 2.86 bits per heavy atom. The van der Waals surface area contributed by atoms with Gasteiger partial charge in [-0.3, -0.25) is 0 Å². The third-order valence-electron chi connectivity index (χ3n) is 2.26. The van der Waals surface area contributed by atoms with Crippen molar-refractivity contribution in [3.63, 3.8) is 0 Å². The van der Waals surface area contributed by atoms with Crippen LogP contribution in [-0.2, 0) is 0 Å². The molecule has 0 radical (unpaired) electrons. The minimum Gasteiger partial charge on any atom is -0.134 e. The zero-order valence-corrected chi connectivity index (χ0v) is 10.7. The molecule has 0 saturated carbocycles. The van der Waals surface area contributed by atoms with Gasteiger partial charge in [0.05, 0.1) is 5.02 Å². The van der Waals surface area contributed by atoms with Gasteiger partial charge < -0.3 is 0 Å². The molecule has 0 saturated heterocycles. The maximum atomic E-state index is 6.24. The number of aryl methyl sites for hydroxylation is 1. The summed E-state index contributed by atoms with van der Waals surface area (Å²) in [4.78, 5) is 0. The summed E-state index contributed by atoms with van der Waals surface area (Å²) in [6, 6.07) is 2.02. The second kappa shape index (κ2) is 3.72. The molecule has 0 aliphatic heterocycles. The molecule has 0 bridgehead atoms. The van der Waals surface area contributed by atoms with Crippen molar-refractivity contribution < 1.29 is 0 Å². The Bertz CT molecular complexity index is 476. The number of hydrogen-bond donors (Lipinski definition) is 0. The zero-order valence-electron chi connectivity index (χ0n) is 8.30. The van der Waals surface area contributed by atoms with E-state index in [1.807, 2.05) is 6.07 Å². The summed E-state index contributed by atoms with van der Waals surface area (Å²) >= 11 is 6.24. The standard InChI is InChI=1S/C10H11ClNS2/c1-5(2)8-7(11)4-6(3)9-10(8)13-14-12-9/h4-5H,1-3H3/q+1. The van der Waals surface area contributed by atoms with E-state index in [0.717, 1.165) is 10.5 Å². The van der Waals surface area contributed by atoms with E-state index in [1.54, 1.807) is 20.9 Å². The van der Waals surface area contributed by atoms with Crippen LogP contribution in [0.1, 0.15) is 30.9 Å². The molecular formula is C10H11ClNS2+. The summed E-state index contributed by atoms with van der Waals surface area (Å²) in [6.45, 7) is 6.39. The van der Waals surface area contributed by atoms with Crippen molar-refractivity contribution in [2.75, 3.05) is 0 Å². The van der Waals surface area contributed by atoms with E-state index >= 15 is 0 Å². The highest BCUT2D eigenvalue weighted by atomic mass is 35.5. The molecule has 1 nitrogen and oxygen atoms in total. The molecule has 2 aromatic rings. The van der Waals surface area contributed by atoms with Gasteiger partial charge in [-0.15, -0.1) is 4.37 Å². The number of aromatic nitrogens is 1. The summed E-state index contributed by atoms with van der Waals surface area (Å²) in [5, 5.41) is 0.876. The van der Waals surface area contributed by atoms with Crippen LogP contribution < -0.4 is 0 Å². The molecule has 0 amide bonds. The lowest BCUT2D eigenvalue weighted by molar-refractivity contribution is 0.878. The molecule has 1 heterocycles. The van der Waals surface area contributed by atoms with Crippen molar-refractivity contribution in [2.24, 2.45) is 0 Å². The summed E-state index contributed by atoms with van der Waals surface area (Å²) < 4.78 is 5.66. The topological polar surface area (TPSA) is 12.9 Å². The first-order valence-corrected chi connectivity index (χ1v) is 6.97. The quantitative estimate of drug-likeness (QED) is 0.522. The third-order valence-corrected chi connectivity index (χ3v) is 4.43. The Kier molecular flexibility index (Phi) is 2.73. The van der Waals surface area contributed by atoms with E-state index in [4.69, 9.17) is 11.6 Å². The van der Waals surface area contributed by atoms with E-state index in [0.29, 0.717) is 5.92 Å². The fourth-order valence-electron chi connectivity index (χ4n) is 1.58. The van der Waals surface area contributed by atoms with Crippen LogP contribution in [0.2, 0.25) is 5.02 Å². The largest absolute Gasteiger partial charge is 0.323 e. The number of rotatable bonds is 1. The highest BCUT2D eigenvalue weighted by molar-refractivity contribution is 7.70. The average Bonchev–Trinajstić information content (AvgIpc) is 2.51. The van der Waals surface area contributed by atoms with Crippen molar-refractivity contribution in [1.29, 1.82) is 0 Å². The number of nitrogens with zero attached hydrogens (tertiary/aromatic N) is 1. The second-order valence-corrected chi connectivity index (χ2v) is 5.93. The van der Waals surface area contributed by atoms with Gasteiger partial charge in [0.25, 0.3) is 15.2 Å². The fraction of sp³-hybridized carbons (Fsp3) is 0.400. The molecule has 0 N–H and O–H groups in total. The van der Waals surface area contributed by atoms with Crippen LogP contribution in [0, 0.1) is 6.92 Å². The van der Waals surface area contributed by atoms with Gasteiger partial charge in [-0.05, 0) is 24.5 Å². The maximum Gasteiger partial charge on any atom is 0.323 e.